The minimum absolute atomic E-state index is 0.266. The molecule has 1 N–H and O–H groups in total. The number of nitrogens with one attached hydrogen (secondary N) is 1. The van der Waals surface area contributed by atoms with Gasteiger partial charge in [-0.1, -0.05) is 47.5 Å². The van der Waals surface area contributed by atoms with Gasteiger partial charge in [0.2, 0.25) is 0 Å². The van der Waals surface area contributed by atoms with Gasteiger partial charge < -0.3 is 5.32 Å². The van der Waals surface area contributed by atoms with Gasteiger partial charge in [0.15, 0.2) is 5.69 Å². The quantitative estimate of drug-likeness (QED) is 0.769. The van der Waals surface area contributed by atoms with E-state index in [1.165, 1.54) is 4.80 Å². The van der Waals surface area contributed by atoms with Crippen molar-refractivity contribution in [3.8, 4) is 5.69 Å². The van der Waals surface area contributed by atoms with E-state index in [9.17, 15) is 4.79 Å². The fourth-order valence-electron chi connectivity index (χ4n) is 2.21. The van der Waals surface area contributed by atoms with Crippen LogP contribution in [0.4, 0.5) is 0 Å². The second kappa shape index (κ2) is 7.03. The van der Waals surface area contributed by atoms with Gasteiger partial charge >= 0.3 is 0 Å². The molecule has 0 bridgehead atoms. The Kier molecular flexibility index (Phi) is 4.83. The number of amides is 1. The molecule has 0 aliphatic rings. The lowest BCUT2D eigenvalue weighted by molar-refractivity contribution is 0.0945. The van der Waals surface area contributed by atoms with Gasteiger partial charge in [-0.3, -0.25) is 4.79 Å². The summed E-state index contributed by atoms with van der Waals surface area (Å²) in [5.41, 5.74) is 2.33. The Hall–Kier alpha value is -2.37. The van der Waals surface area contributed by atoms with Crippen LogP contribution in [0, 0.1) is 6.92 Å². The third kappa shape index (κ3) is 3.58. The molecule has 0 unspecified atom stereocenters. The van der Waals surface area contributed by atoms with Crippen molar-refractivity contribution in [1.29, 1.82) is 0 Å². The fraction of sp³-hybridized carbons (Fsp3) is 0.118. The van der Waals surface area contributed by atoms with E-state index in [2.05, 4.69) is 15.5 Å². The molecule has 122 valence electrons. The van der Waals surface area contributed by atoms with E-state index < -0.39 is 0 Å². The molecule has 7 heteroatoms. The lowest BCUT2D eigenvalue weighted by Gasteiger charge is -2.05. The zero-order chi connectivity index (χ0) is 17.1. The van der Waals surface area contributed by atoms with Crippen LogP contribution in [0.2, 0.25) is 10.0 Å². The van der Waals surface area contributed by atoms with Crippen molar-refractivity contribution in [2.45, 2.75) is 13.5 Å². The zero-order valence-corrected chi connectivity index (χ0v) is 14.3. The van der Waals surface area contributed by atoms with E-state index in [-0.39, 0.29) is 11.6 Å². The highest BCUT2D eigenvalue weighted by atomic mass is 35.5. The molecule has 2 aromatic carbocycles. The van der Waals surface area contributed by atoms with Gasteiger partial charge in [-0.25, -0.2) is 0 Å². The van der Waals surface area contributed by atoms with Gasteiger partial charge in [0.25, 0.3) is 5.91 Å². The Balaban J connectivity index is 1.77. The van der Waals surface area contributed by atoms with E-state index >= 15 is 0 Å². The molecular formula is C17H14Cl2N4O. The van der Waals surface area contributed by atoms with Crippen LogP contribution in [-0.4, -0.2) is 20.9 Å². The van der Waals surface area contributed by atoms with Gasteiger partial charge in [-0.2, -0.15) is 9.90 Å². The number of nitrogens with zero attached hydrogens (tertiary/aromatic N) is 3. The van der Waals surface area contributed by atoms with Gasteiger partial charge in [0.05, 0.1) is 11.4 Å². The molecule has 3 aromatic rings. The SMILES string of the molecule is Cc1nn(-c2cccc(Cl)c2)nc1C(=O)NCc1ccccc1Cl. The van der Waals surface area contributed by atoms with Gasteiger partial charge in [-0.05, 0) is 36.8 Å². The second-order valence-corrected chi connectivity index (χ2v) is 6.02. The molecule has 1 amide bonds. The molecule has 0 saturated carbocycles. The first kappa shape index (κ1) is 16.5. The number of carbonyl (C=O) groups is 1. The number of aromatic nitrogens is 3. The molecule has 0 aliphatic heterocycles. The first-order valence-corrected chi connectivity index (χ1v) is 8.01. The van der Waals surface area contributed by atoms with Gasteiger partial charge in [0, 0.05) is 16.6 Å². The van der Waals surface area contributed by atoms with E-state index in [4.69, 9.17) is 23.2 Å². The summed E-state index contributed by atoms with van der Waals surface area (Å²) < 4.78 is 0. The number of hydrogen-bond donors (Lipinski definition) is 1. The summed E-state index contributed by atoms with van der Waals surface area (Å²) >= 11 is 12.1. The Bertz CT molecular complexity index is 892. The molecule has 0 aliphatic carbocycles. The summed E-state index contributed by atoms with van der Waals surface area (Å²) in [5.74, 6) is -0.305. The highest BCUT2D eigenvalue weighted by Gasteiger charge is 2.16. The molecule has 0 spiro atoms. The predicted octanol–water partition coefficient (Wildman–Crippen LogP) is 3.81. The zero-order valence-electron chi connectivity index (χ0n) is 12.8. The summed E-state index contributed by atoms with van der Waals surface area (Å²) in [6, 6.07) is 14.5. The molecule has 1 aromatic heterocycles. The average Bonchev–Trinajstić information content (AvgIpc) is 2.96. The molecule has 0 saturated heterocycles. The van der Waals surface area contributed by atoms with Crippen molar-refractivity contribution in [3.63, 3.8) is 0 Å². The summed E-state index contributed by atoms with van der Waals surface area (Å²) in [6.07, 6.45) is 0. The molecule has 0 fully saturated rings. The van der Waals surface area contributed by atoms with E-state index in [0.717, 1.165) is 5.56 Å². The normalized spacial score (nSPS) is 10.6. The van der Waals surface area contributed by atoms with Crippen molar-refractivity contribution in [2.75, 3.05) is 0 Å². The number of aryl methyl sites for hydroxylation is 1. The van der Waals surface area contributed by atoms with Crippen molar-refractivity contribution >= 4 is 29.1 Å². The maximum absolute atomic E-state index is 12.4. The minimum Gasteiger partial charge on any atom is -0.346 e. The van der Waals surface area contributed by atoms with Crippen LogP contribution in [0.5, 0.6) is 0 Å². The standard InChI is InChI=1S/C17H14Cl2N4O/c1-11-16(17(24)20-10-12-5-2-3-8-15(12)19)22-23(21-11)14-7-4-6-13(18)9-14/h2-9H,10H2,1H3,(H,20,24). The summed E-state index contributed by atoms with van der Waals surface area (Å²) in [4.78, 5) is 13.8. The van der Waals surface area contributed by atoms with Gasteiger partial charge in [0.1, 0.15) is 0 Å². The third-order valence-corrected chi connectivity index (χ3v) is 4.04. The lowest BCUT2D eigenvalue weighted by Crippen LogP contribution is -2.24. The molecular weight excluding hydrogens is 347 g/mol. The fourth-order valence-corrected chi connectivity index (χ4v) is 2.59. The van der Waals surface area contributed by atoms with Crippen molar-refractivity contribution in [2.24, 2.45) is 0 Å². The average molecular weight is 361 g/mol. The van der Waals surface area contributed by atoms with Gasteiger partial charge in [-0.15, -0.1) is 5.10 Å². The van der Waals surface area contributed by atoms with Crippen LogP contribution in [0.15, 0.2) is 48.5 Å². The predicted molar refractivity (Wildman–Crippen MR) is 93.7 cm³/mol. The first-order valence-electron chi connectivity index (χ1n) is 7.26. The van der Waals surface area contributed by atoms with Crippen molar-refractivity contribution in [1.82, 2.24) is 20.3 Å². The molecule has 5 nitrogen and oxygen atoms in total. The van der Waals surface area contributed by atoms with Crippen LogP contribution in [0.1, 0.15) is 21.7 Å². The van der Waals surface area contributed by atoms with E-state index in [1.54, 1.807) is 31.2 Å². The summed E-state index contributed by atoms with van der Waals surface area (Å²) in [7, 11) is 0. The second-order valence-electron chi connectivity index (χ2n) is 5.18. The number of halogens is 2. The highest BCUT2D eigenvalue weighted by Crippen LogP contribution is 2.16. The van der Waals surface area contributed by atoms with E-state index in [1.807, 2.05) is 24.3 Å². The van der Waals surface area contributed by atoms with Crippen LogP contribution >= 0.6 is 23.2 Å². The Morgan fingerprint density at radius 1 is 1.12 bits per heavy atom. The molecule has 1 heterocycles. The lowest BCUT2D eigenvalue weighted by atomic mass is 10.2. The number of rotatable bonds is 4. The smallest absolute Gasteiger partial charge is 0.274 e. The molecule has 0 radical (unpaired) electrons. The maximum Gasteiger partial charge on any atom is 0.274 e. The first-order chi connectivity index (χ1) is 11.5. The molecule has 0 atom stereocenters. The minimum atomic E-state index is -0.305. The largest absolute Gasteiger partial charge is 0.346 e. The van der Waals surface area contributed by atoms with Crippen LogP contribution in [0.3, 0.4) is 0 Å². The molecule has 24 heavy (non-hydrogen) atoms. The van der Waals surface area contributed by atoms with Crippen molar-refractivity contribution in [3.05, 3.63) is 75.5 Å². The third-order valence-electron chi connectivity index (χ3n) is 3.43. The van der Waals surface area contributed by atoms with Crippen LogP contribution in [0.25, 0.3) is 5.69 Å². The topological polar surface area (TPSA) is 59.8 Å². The Morgan fingerprint density at radius 2 is 1.92 bits per heavy atom. The Labute approximate surface area is 149 Å². The summed E-state index contributed by atoms with van der Waals surface area (Å²) in [6.45, 7) is 2.06. The highest BCUT2D eigenvalue weighted by molar-refractivity contribution is 6.31. The summed E-state index contributed by atoms with van der Waals surface area (Å²) in [5, 5.41) is 12.5. The van der Waals surface area contributed by atoms with Crippen molar-refractivity contribution < 1.29 is 4.79 Å². The number of benzene rings is 2. The van der Waals surface area contributed by atoms with Crippen LogP contribution in [-0.2, 0) is 6.54 Å². The van der Waals surface area contributed by atoms with Crippen LogP contribution < -0.4 is 5.32 Å². The Morgan fingerprint density at radius 3 is 2.67 bits per heavy atom. The van der Waals surface area contributed by atoms with E-state index in [0.29, 0.717) is 28.0 Å². The molecule has 3 rings (SSSR count). The maximum atomic E-state index is 12.4. The number of carbonyl (C=O) groups excluding carboxylic acids is 1. The number of hydrogen-bond acceptors (Lipinski definition) is 3. The monoisotopic (exact) mass is 360 g/mol.